The van der Waals surface area contributed by atoms with E-state index in [1.165, 1.54) is 11.8 Å². The van der Waals surface area contributed by atoms with Crippen molar-refractivity contribution in [3.8, 4) is 0 Å². The minimum Gasteiger partial charge on any atom is -0.314 e. The Morgan fingerprint density at radius 1 is 1.26 bits per heavy atom. The number of sulfone groups is 1. The van der Waals surface area contributed by atoms with Gasteiger partial charge in [-0.1, -0.05) is 6.92 Å². The van der Waals surface area contributed by atoms with Crippen LogP contribution in [0.4, 0.5) is 0 Å². The Morgan fingerprint density at radius 3 is 2.53 bits per heavy atom. The molecule has 0 radical (unpaired) electrons. The molecule has 5 nitrogen and oxygen atoms in total. The van der Waals surface area contributed by atoms with E-state index in [1.54, 1.807) is 12.4 Å². The Balaban J connectivity index is 2.22. The second-order valence-electron chi connectivity index (χ2n) is 4.60. The number of aromatic nitrogens is 1. The van der Waals surface area contributed by atoms with Gasteiger partial charge in [0.25, 0.3) is 0 Å². The van der Waals surface area contributed by atoms with Crippen LogP contribution in [0.25, 0.3) is 0 Å². The van der Waals surface area contributed by atoms with Crippen molar-refractivity contribution in [2.45, 2.75) is 13.5 Å². The Labute approximate surface area is 116 Å². The van der Waals surface area contributed by atoms with Gasteiger partial charge in [0.1, 0.15) is 9.84 Å². The molecule has 0 aliphatic carbocycles. The fourth-order valence-corrected chi connectivity index (χ4v) is 2.23. The molecule has 1 heterocycles. The summed E-state index contributed by atoms with van der Waals surface area (Å²) in [6.45, 7) is 6.21. The van der Waals surface area contributed by atoms with Gasteiger partial charge in [-0.2, -0.15) is 0 Å². The van der Waals surface area contributed by atoms with Crippen molar-refractivity contribution in [2.75, 3.05) is 38.2 Å². The van der Waals surface area contributed by atoms with E-state index in [1.807, 2.05) is 12.1 Å². The smallest absolute Gasteiger partial charge is 0.148 e. The van der Waals surface area contributed by atoms with Crippen LogP contribution < -0.4 is 5.32 Å². The lowest BCUT2D eigenvalue weighted by molar-refractivity contribution is 0.280. The molecule has 108 valence electrons. The highest BCUT2D eigenvalue weighted by atomic mass is 32.2. The quantitative estimate of drug-likeness (QED) is 0.671. The average Bonchev–Trinajstić information content (AvgIpc) is 2.37. The van der Waals surface area contributed by atoms with Crippen molar-refractivity contribution in [3.63, 3.8) is 0 Å². The summed E-state index contributed by atoms with van der Waals surface area (Å²) in [5.74, 6) is 0.198. The molecule has 0 aliphatic heterocycles. The second-order valence-corrected chi connectivity index (χ2v) is 6.86. The zero-order chi connectivity index (χ0) is 14.1. The Bertz CT molecular complexity index is 448. The fraction of sp³-hybridized carbons (Fsp3) is 0.615. The molecular formula is C13H23N3O2S. The maximum absolute atomic E-state index is 11.0. The number of rotatable bonds is 9. The van der Waals surface area contributed by atoms with Gasteiger partial charge in [-0.15, -0.1) is 0 Å². The van der Waals surface area contributed by atoms with Crippen molar-refractivity contribution in [1.82, 2.24) is 15.2 Å². The lowest BCUT2D eigenvalue weighted by Crippen LogP contribution is -2.33. The Hall–Kier alpha value is -0.980. The highest BCUT2D eigenvalue weighted by Crippen LogP contribution is 2.01. The van der Waals surface area contributed by atoms with Crippen LogP contribution in [0.15, 0.2) is 24.5 Å². The number of nitrogens with one attached hydrogen (secondary N) is 1. The van der Waals surface area contributed by atoms with E-state index in [-0.39, 0.29) is 5.75 Å². The zero-order valence-electron chi connectivity index (χ0n) is 11.7. The largest absolute Gasteiger partial charge is 0.314 e. The Morgan fingerprint density at radius 2 is 1.95 bits per heavy atom. The van der Waals surface area contributed by atoms with Crippen LogP contribution in [-0.2, 0) is 16.4 Å². The molecule has 0 aliphatic rings. The molecule has 0 unspecified atom stereocenters. The predicted octanol–water partition coefficient (Wildman–Crippen LogP) is 0.538. The van der Waals surface area contributed by atoms with Crippen LogP contribution in [0.2, 0.25) is 0 Å². The summed E-state index contributed by atoms with van der Waals surface area (Å²) in [5, 5.41) is 3.16. The van der Waals surface area contributed by atoms with Crippen LogP contribution in [0.1, 0.15) is 12.5 Å². The van der Waals surface area contributed by atoms with Gasteiger partial charge in [0.05, 0.1) is 5.75 Å². The number of hydrogen-bond donors (Lipinski definition) is 1. The van der Waals surface area contributed by atoms with Gasteiger partial charge >= 0.3 is 0 Å². The zero-order valence-corrected chi connectivity index (χ0v) is 12.5. The minimum absolute atomic E-state index is 0.198. The van der Waals surface area contributed by atoms with Gasteiger partial charge in [0.2, 0.25) is 0 Å². The highest BCUT2D eigenvalue weighted by Gasteiger charge is 2.04. The molecule has 0 spiro atoms. The van der Waals surface area contributed by atoms with E-state index >= 15 is 0 Å². The first-order valence-corrected chi connectivity index (χ1v) is 8.57. The molecule has 0 amide bonds. The van der Waals surface area contributed by atoms with Crippen LogP contribution >= 0.6 is 0 Å². The first-order chi connectivity index (χ1) is 9.01. The van der Waals surface area contributed by atoms with Gasteiger partial charge in [0, 0.05) is 44.8 Å². The lowest BCUT2D eigenvalue weighted by Gasteiger charge is -2.20. The SMILES string of the molecule is CCN(CCNCCS(C)(=O)=O)Cc1ccncc1. The van der Waals surface area contributed by atoms with E-state index in [2.05, 4.69) is 22.1 Å². The van der Waals surface area contributed by atoms with Crippen LogP contribution in [0, 0.1) is 0 Å². The summed E-state index contributed by atoms with van der Waals surface area (Å²) < 4.78 is 21.9. The van der Waals surface area contributed by atoms with Crippen molar-refractivity contribution in [1.29, 1.82) is 0 Å². The molecule has 6 heteroatoms. The fourth-order valence-electron chi connectivity index (χ4n) is 1.72. The van der Waals surface area contributed by atoms with E-state index in [4.69, 9.17) is 0 Å². The normalized spacial score (nSPS) is 11.9. The maximum Gasteiger partial charge on any atom is 0.148 e. The van der Waals surface area contributed by atoms with Crippen LogP contribution in [-0.4, -0.2) is 56.5 Å². The van der Waals surface area contributed by atoms with Gasteiger partial charge in [-0.05, 0) is 24.2 Å². The number of hydrogen-bond acceptors (Lipinski definition) is 5. The molecule has 0 saturated heterocycles. The summed E-state index contributed by atoms with van der Waals surface area (Å²) in [5.41, 5.74) is 1.24. The number of likely N-dealkylation sites (N-methyl/N-ethyl adjacent to an activating group) is 1. The van der Waals surface area contributed by atoms with E-state index in [9.17, 15) is 8.42 Å². The molecule has 1 N–H and O–H groups in total. The third-order valence-electron chi connectivity index (χ3n) is 2.86. The Kier molecular flexibility index (Phi) is 6.97. The predicted molar refractivity (Wildman–Crippen MR) is 77.8 cm³/mol. The van der Waals surface area contributed by atoms with Gasteiger partial charge in [-0.25, -0.2) is 8.42 Å². The molecule has 1 aromatic rings. The van der Waals surface area contributed by atoms with Crippen LogP contribution in [0.5, 0.6) is 0 Å². The molecule has 0 saturated carbocycles. The molecular weight excluding hydrogens is 262 g/mol. The van der Waals surface area contributed by atoms with Crippen molar-refractivity contribution < 1.29 is 8.42 Å². The van der Waals surface area contributed by atoms with Crippen molar-refractivity contribution >= 4 is 9.84 Å². The van der Waals surface area contributed by atoms with Gasteiger partial charge < -0.3 is 5.32 Å². The van der Waals surface area contributed by atoms with E-state index in [0.717, 1.165) is 26.2 Å². The first-order valence-electron chi connectivity index (χ1n) is 6.51. The number of nitrogens with zero attached hydrogens (tertiary/aromatic N) is 2. The van der Waals surface area contributed by atoms with Crippen LogP contribution in [0.3, 0.4) is 0 Å². The van der Waals surface area contributed by atoms with E-state index in [0.29, 0.717) is 6.54 Å². The summed E-state index contributed by atoms with van der Waals surface area (Å²) in [6.07, 6.45) is 4.86. The highest BCUT2D eigenvalue weighted by molar-refractivity contribution is 7.90. The molecule has 0 atom stereocenters. The lowest BCUT2D eigenvalue weighted by atomic mass is 10.2. The third kappa shape index (κ3) is 7.92. The molecule has 0 bridgehead atoms. The first kappa shape index (κ1) is 16.1. The standard InChI is InChI=1S/C13H23N3O2S/c1-3-16(12-13-4-6-14-7-5-13)10-8-15-9-11-19(2,17)18/h4-7,15H,3,8-12H2,1-2H3. The van der Waals surface area contributed by atoms with Crippen molar-refractivity contribution in [3.05, 3.63) is 30.1 Å². The molecule has 1 rings (SSSR count). The maximum atomic E-state index is 11.0. The third-order valence-corrected chi connectivity index (χ3v) is 3.80. The topological polar surface area (TPSA) is 62.3 Å². The van der Waals surface area contributed by atoms with Gasteiger partial charge in [0.15, 0.2) is 0 Å². The monoisotopic (exact) mass is 285 g/mol. The summed E-state index contributed by atoms with van der Waals surface area (Å²) >= 11 is 0. The molecule has 19 heavy (non-hydrogen) atoms. The minimum atomic E-state index is -2.86. The molecule has 0 aromatic carbocycles. The van der Waals surface area contributed by atoms with E-state index < -0.39 is 9.84 Å². The summed E-state index contributed by atoms with van der Waals surface area (Å²) in [7, 11) is -2.86. The summed E-state index contributed by atoms with van der Waals surface area (Å²) in [4.78, 5) is 6.31. The average molecular weight is 285 g/mol. The van der Waals surface area contributed by atoms with Gasteiger partial charge in [-0.3, -0.25) is 9.88 Å². The second kappa shape index (κ2) is 8.24. The summed E-state index contributed by atoms with van der Waals surface area (Å²) in [6, 6.07) is 4.03. The molecule has 0 fully saturated rings. The number of pyridine rings is 1. The molecule has 1 aromatic heterocycles. The van der Waals surface area contributed by atoms with Crippen molar-refractivity contribution in [2.24, 2.45) is 0 Å².